The van der Waals surface area contributed by atoms with Crippen LogP contribution < -0.4 is 10.6 Å². The van der Waals surface area contributed by atoms with Crippen molar-refractivity contribution in [2.75, 3.05) is 20.1 Å². The Kier molecular flexibility index (Phi) is 8.87. The number of amides is 1. The lowest BCUT2D eigenvalue weighted by molar-refractivity contribution is -0.122. The lowest BCUT2D eigenvalue weighted by Crippen LogP contribution is -2.45. The number of hydrogen-bond donors (Lipinski definition) is 2. The molecule has 2 aromatic rings. The molecule has 1 saturated carbocycles. The second-order valence-corrected chi connectivity index (χ2v) is 9.03. The van der Waals surface area contributed by atoms with E-state index in [0.29, 0.717) is 6.42 Å². The highest BCUT2D eigenvalue weighted by Gasteiger charge is 2.20. The quantitative estimate of drug-likeness (QED) is 0.514. The SMILES string of the molecule is C=C(NCCc1ccncc1)C(Cc1ccccc1)NC(=O)CN(C)C(=C)C=C1CC(C)C1. The molecule has 1 aliphatic rings. The van der Waals surface area contributed by atoms with Crippen molar-refractivity contribution in [2.45, 2.75) is 38.6 Å². The summed E-state index contributed by atoms with van der Waals surface area (Å²) in [5.41, 5.74) is 5.47. The molecule has 1 fully saturated rings. The van der Waals surface area contributed by atoms with E-state index in [0.717, 1.165) is 48.7 Å². The van der Waals surface area contributed by atoms with Gasteiger partial charge in [0.05, 0.1) is 12.6 Å². The minimum atomic E-state index is -0.204. The molecular formula is C28H36N4O. The van der Waals surface area contributed by atoms with Gasteiger partial charge in [0.25, 0.3) is 0 Å². The van der Waals surface area contributed by atoms with Gasteiger partial charge in [-0.2, -0.15) is 0 Å². The first-order chi connectivity index (χ1) is 15.9. The summed E-state index contributed by atoms with van der Waals surface area (Å²) in [6.07, 6.45) is 9.52. The van der Waals surface area contributed by atoms with Crippen molar-refractivity contribution in [3.05, 3.63) is 102 Å². The van der Waals surface area contributed by atoms with Gasteiger partial charge < -0.3 is 15.5 Å². The third kappa shape index (κ3) is 7.94. The van der Waals surface area contributed by atoms with Gasteiger partial charge in [-0.1, -0.05) is 56.0 Å². The van der Waals surface area contributed by atoms with Crippen molar-refractivity contribution >= 4 is 5.91 Å². The molecule has 5 nitrogen and oxygen atoms in total. The Morgan fingerprint density at radius 2 is 1.85 bits per heavy atom. The molecule has 1 aliphatic carbocycles. The highest BCUT2D eigenvalue weighted by atomic mass is 16.2. The number of nitrogens with zero attached hydrogens (tertiary/aromatic N) is 2. The van der Waals surface area contributed by atoms with Gasteiger partial charge in [-0.15, -0.1) is 0 Å². The highest BCUT2D eigenvalue weighted by Crippen LogP contribution is 2.33. The number of hydrogen-bond acceptors (Lipinski definition) is 4. The lowest BCUT2D eigenvalue weighted by Gasteiger charge is -2.28. The standard InChI is InChI=1S/C28H36N4O/c1-21-16-26(17-21)18-22(2)32(4)20-28(33)31-27(19-25-8-6-5-7-9-25)23(3)30-15-12-24-10-13-29-14-11-24/h5-11,13-14,18,21,27,30H,2-3,12,15-17,19-20H2,1,4H3,(H,31,33). The first-order valence-electron chi connectivity index (χ1n) is 11.6. The van der Waals surface area contributed by atoms with Crippen LogP contribution in [0.4, 0.5) is 0 Å². The summed E-state index contributed by atoms with van der Waals surface area (Å²) >= 11 is 0. The molecule has 1 heterocycles. The molecule has 1 atom stereocenters. The number of likely N-dealkylation sites (N-methyl/N-ethyl adjacent to an activating group) is 1. The fourth-order valence-electron chi connectivity index (χ4n) is 4.01. The zero-order valence-corrected chi connectivity index (χ0v) is 19.9. The van der Waals surface area contributed by atoms with Crippen molar-refractivity contribution in [2.24, 2.45) is 5.92 Å². The van der Waals surface area contributed by atoms with Crippen LogP contribution in [0.3, 0.4) is 0 Å². The fourth-order valence-corrected chi connectivity index (χ4v) is 4.01. The van der Waals surface area contributed by atoms with Crippen molar-refractivity contribution in [1.29, 1.82) is 0 Å². The van der Waals surface area contributed by atoms with E-state index in [-0.39, 0.29) is 18.5 Å². The summed E-state index contributed by atoms with van der Waals surface area (Å²) in [5, 5.41) is 6.58. The molecule has 1 aromatic carbocycles. The first kappa shape index (κ1) is 24.3. The van der Waals surface area contributed by atoms with Crippen molar-refractivity contribution in [3.8, 4) is 0 Å². The zero-order chi connectivity index (χ0) is 23.6. The monoisotopic (exact) mass is 444 g/mol. The Labute approximate surface area is 198 Å². The van der Waals surface area contributed by atoms with Gasteiger partial charge in [-0.25, -0.2) is 0 Å². The second kappa shape index (κ2) is 12.0. The number of benzene rings is 1. The van der Waals surface area contributed by atoms with Crippen LogP contribution in [0, 0.1) is 5.92 Å². The summed E-state index contributed by atoms with van der Waals surface area (Å²) in [6.45, 7) is 11.6. The number of carbonyl (C=O) groups excluding carboxylic acids is 1. The molecule has 1 amide bonds. The summed E-state index contributed by atoms with van der Waals surface area (Å²) in [4.78, 5) is 18.9. The predicted octanol–water partition coefficient (Wildman–Crippen LogP) is 4.26. The van der Waals surface area contributed by atoms with Gasteiger partial charge in [0.15, 0.2) is 0 Å². The largest absolute Gasteiger partial charge is 0.387 e. The summed E-state index contributed by atoms with van der Waals surface area (Å²) < 4.78 is 0. The summed E-state index contributed by atoms with van der Waals surface area (Å²) in [6, 6.07) is 14.0. The number of aromatic nitrogens is 1. The topological polar surface area (TPSA) is 57.3 Å². The van der Waals surface area contributed by atoms with Gasteiger partial charge in [0, 0.05) is 37.4 Å². The number of carbonyl (C=O) groups is 1. The number of pyridine rings is 1. The molecule has 5 heteroatoms. The second-order valence-electron chi connectivity index (χ2n) is 9.03. The molecular weight excluding hydrogens is 408 g/mol. The Hall–Kier alpha value is -3.34. The van der Waals surface area contributed by atoms with Crippen LogP contribution in [0.1, 0.15) is 30.9 Å². The molecule has 0 spiro atoms. The maximum absolute atomic E-state index is 12.9. The van der Waals surface area contributed by atoms with Gasteiger partial charge in [-0.05, 0) is 60.9 Å². The van der Waals surface area contributed by atoms with Crippen molar-refractivity contribution < 1.29 is 4.79 Å². The first-order valence-corrected chi connectivity index (χ1v) is 11.6. The molecule has 1 aromatic heterocycles. The molecule has 0 bridgehead atoms. The van der Waals surface area contributed by atoms with Crippen LogP contribution in [0.25, 0.3) is 0 Å². The van der Waals surface area contributed by atoms with Crippen LogP contribution in [-0.2, 0) is 17.6 Å². The predicted molar refractivity (Wildman–Crippen MR) is 135 cm³/mol. The Morgan fingerprint density at radius 1 is 1.15 bits per heavy atom. The van der Waals surface area contributed by atoms with Gasteiger partial charge in [-0.3, -0.25) is 9.78 Å². The molecule has 3 rings (SSSR count). The van der Waals surface area contributed by atoms with E-state index in [9.17, 15) is 4.79 Å². The van der Waals surface area contributed by atoms with E-state index in [2.05, 4.69) is 53.9 Å². The van der Waals surface area contributed by atoms with Crippen LogP contribution >= 0.6 is 0 Å². The third-order valence-electron chi connectivity index (χ3n) is 6.02. The van der Waals surface area contributed by atoms with Gasteiger partial charge in [0.2, 0.25) is 5.91 Å². The van der Waals surface area contributed by atoms with Crippen LogP contribution in [0.15, 0.2) is 91.1 Å². The van der Waals surface area contributed by atoms with Crippen LogP contribution in [-0.4, -0.2) is 42.0 Å². The smallest absolute Gasteiger partial charge is 0.240 e. The van der Waals surface area contributed by atoms with Gasteiger partial charge >= 0.3 is 0 Å². The van der Waals surface area contributed by atoms with E-state index >= 15 is 0 Å². The average molecular weight is 445 g/mol. The molecule has 33 heavy (non-hydrogen) atoms. The molecule has 0 saturated heterocycles. The minimum absolute atomic E-state index is 0.0444. The van der Waals surface area contributed by atoms with E-state index < -0.39 is 0 Å². The van der Waals surface area contributed by atoms with E-state index in [1.54, 1.807) is 12.4 Å². The van der Waals surface area contributed by atoms with Crippen LogP contribution in [0.5, 0.6) is 0 Å². The maximum Gasteiger partial charge on any atom is 0.240 e. The van der Waals surface area contributed by atoms with Crippen molar-refractivity contribution in [3.63, 3.8) is 0 Å². The lowest BCUT2D eigenvalue weighted by atomic mass is 9.81. The minimum Gasteiger partial charge on any atom is -0.387 e. The highest BCUT2D eigenvalue weighted by molar-refractivity contribution is 5.79. The third-order valence-corrected chi connectivity index (χ3v) is 6.02. The Balaban J connectivity index is 1.56. The molecule has 1 unspecified atom stereocenters. The van der Waals surface area contributed by atoms with E-state index in [1.165, 1.54) is 11.1 Å². The summed E-state index contributed by atoms with van der Waals surface area (Å²) in [5.74, 6) is 0.713. The van der Waals surface area contributed by atoms with Gasteiger partial charge in [0.1, 0.15) is 0 Å². The summed E-state index contributed by atoms with van der Waals surface area (Å²) in [7, 11) is 1.91. The van der Waals surface area contributed by atoms with E-state index in [1.807, 2.05) is 42.3 Å². The molecule has 0 aliphatic heterocycles. The fraction of sp³-hybridized carbons (Fsp3) is 0.357. The molecule has 174 valence electrons. The number of rotatable bonds is 12. The molecule has 2 N–H and O–H groups in total. The zero-order valence-electron chi connectivity index (χ0n) is 19.9. The Bertz CT molecular complexity index is 960. The number of allylic oxidation sites excluding steroid dienone is 2. The van der Waals surface area contributed by atoms with E-state index in [4.69, 9.17) is 0 Å². The normalized spacial score (nSPS) is 15.7. The number of nitrogens with one attached hydrogen (secondary N) is 2. The molecule has 0 radical (unpaired) electrons. The van der Waals surface area contributed by atoms with Crippen molar-refractivity contribution in [1.82, 2.24) is 20.5 Å². The Morgan fingerprint density at radius 3 is 2.52 bits per heavy atom. The van der Waals surface area contributed by atoms with Crippen LogP contribution in [0.2, 0.25) is 0 Å². The average Bonchev–Trinajstić information content (AvgIpc) is 2.78. The maximum atomic E-state index is 12.9.